The lowest BCUT2D eigenvalue weighted by atomic mass is 9.96. The SMILES string of the molecule is O=c1cc(C2CC2)ncn1CC1CCN(c2ccc3nnc(C(F)(F)F)n3n2)CC1. The number of hydrogen-bond acceptors (Lipinski definition) is 6. The summed E-state index contributed by atoms with van der Waals surface area (Å²) < 4.78 is 41.6. The van der Waals surface area contributed by atoms with Gasteiger partial charge in [-0.1, -0.05) is 0 Å². The first-order valence-corrected chi connectivity index (χ1v) is 9.99. The van der Waals surface area contributed by atoms with Crippen LogP contribution in [0.4, 0.5) is 19.0 Å². The fraction of sp³-hybridized carbons (Fsp3) is 0.526. The number of aromatic nitrogens is 6. The highest BCUT2D eigenvalue weighted by molar-refractivity contribution is 5.46. The van der Waals surface area contributed by atoms with Crippen LogP contribution >= 0.6 is 0 Å². The summed E-state index contributed by atoms with van der Waals surface area (Å²) >= 11 is 0. The Kier molecular flexibility index (Phi) is 4.48. The van der Waals surface area contributed by atoms with Crippen molar-refractivity contribution in [3.05, 3.63) is 46.4 Å². The zero-order valence-electron chi connectivity index (χ0n) is 16.1. The average Bonchev–Trinajstić information content (AvgIpc) is 3.47. The Morgan fingerprint density at radius 2 is 1.83 bits per heavy atom. The number of rotatable bonds is 4. The highest BCUT2D eigenvalue weighted by atomic mass is 19.4. The number of alkyl halides is 3. The quantitative estimate of drug-likeness (QED) is 0.646. The van der Waals surface area contributed by atoms with Crippen LogP contribution in [0, 0.1) is 5.92 Å². The lowest BCUT2D eigenvalue weighted by Gasteiger charge is -2.32. The highest BCUT2D eigenvalue weighted by Gasteiger charge is 2.38. The van der Waals surface area contributed by atoms with Gasteiger partial charge in [-0.3, -0.25) is 9.36 Å². The number of nitrogens with zero attached hydrogens (tertiary/aromatic N) is 7. The molecule has 1 aliphatic carbocycles. The smallest absolute Gasteiger partial charge is 0.355 e. The Balaban J connectivity index is 1.26. The highest BCUT2D eigenvalue weighted by Crippen LogP contribution is 2.38. The van der Waals surface area contributed by atoms with E-state index in [2.05, 4.69) is 20.3 Å². The first-order chi connectivity index (χ1) is 14.4. The Hall–Kier alpha value is -2.98. The van der Waals surface area contributed by atoms with Crippen molar-refractivity contribution in [2.75, 3.05) is 18.0 Å². The molecule has 0 bridgehead atoms. The molecule has 2 aliphatic rings. The summed E-state index contributed by atoms with van der Waals surface area (Å²) in [6.45, 7) is 1.89. The number of piperidine rings is 1. The van der Waals surface area contributed by atoms with Gasteiger partial charge in [-0.2, -0.15) is 17.7 Å². The predicted octanol–water partition coefficient (Wildman–Crippen LogP) is 2.49. The van der Waals surface area contributed by atoms with E-state index in [-0.39, 0.29) is 11.2 Å². The van der Waals surface area contributed by atoms with Crippen molar-refractivity contribution in [2.45, 2.75) is 44.3 Å². The normalized spacial score (nSPS) is 18.3. The van der Waals surface area contributed by atoms with Crippen molar-refractivity contribution in [3.63, 3.8) is 0 Å². The van der Waals surface area contributed by atoms with Crippen LogP contribution in [0.25, 0.3) is 5.65 Å². The average molecular weight is 419 g/mol. The van der Waals surface area contributed by atoms with Gasteiger partial charge >= 0.3 is 6.18 Å². The second-order valence-corrected chi connectivity index (χ2v) is 7.99. The molecular formula is C19H20F3N7O. The van der Waals surface area contributed by atoms with Crippen molar-refractivity contribution in [2.24, 2.45) is 5.92 Å². The van der Waals surface area contributed by atoms with Crippen LogP contribution in [0.15, 0.2) is 29.3 Å². The number of anilines is 1. The van der Waals surface area contributed by atoms with Crippen molar-refractivity contribution in [3.8, 4) is 0 Å². The molecule has 0 spiro atoms. The summed E-state index contributed by atoms with van der Waals surface area (Å²) in [7, 11) is 0. The van der Waals surface area contributed by atoms with E-state index in [0.29, 0.717) is 37.3 Å². The van der Waals surface area contributed by atoms with Gasteiger partial charge in [-0.05, 0) is 43.7 Å². The third kappa shape index (κ3) is 3.63. The van der Waals surface area contributed by atoms with Gasteiger partial charge in [0, 0.05) is 31.6 Å². The van der Waals surface area contributed by atoms with Crippen LogP contribution in [0.3, 0.4) is 0 Å². The summed E-state index contributed by atoms with van der Waals surface area (Å²) in [5, 5.41) is 10.9. The molecule has 3 aromatic rings. The molecule has 1 aliphatic heterocycles. The molecular weight excluding hydrogens is 399 g/mol. The van der Waals surface area contributed by atoms with E-state index in [1.807, 2.05) is 4.90 Å². The first-order valence-electron chi connectivity index (χ1n) is 9.99. The molecule has 5 rings (SSSR count). The predicted molar refractivity (Wildman–Crippen MR) is 101 cm³/mol. The molecule has 4 heterocycles. The molecule has 8 nitrogen and oxygen atoms in total. The van der Waals surface area contributed by atoms with Gasteiger partial charge in [-0.15, -0.1) is 15.3 Å². The van der Waals surface area contributed by atoms with Gasteiger partial charge in [0.1, 0.15) is 5.82 Å². The third-order valence-electron chi connectivity index (χ3n) is 5.79. The topological polar surface area (TPSA) is 81.2 Å². The zero-order valence-corrected chi connectivity index (χ0v) is 16.1. The molecule has 3 aromatic heterocycles. The van der Waals surface area contributed by atoms with Gasteiger partial charge in [0.15, 0.2) is 5.65 Å². The van der Waals surface area contributed by atoms with Crippen LogP contribution in [0.2, 0.25) is 0 Å². The molecule has 0 radical (unpaired) electrons. The minimum Gasteiger partial charge on any atom is -0.355 e. The molecule has 2 fully saturated rings. The van der Waals surface area contributed by atoms with Crippen LogP contribution < -0.4 is 10.5 Å². The molecule has 0 aromatic carbocycles. The van der Waals surface area contributed by atoms with E-state index in [1.54, 1.807) is 23.0 Å². The number of hydrogen-bond donors (Lipinski definition) is 0. The van der Waals surface area contributed by atoms with E-state index in [0.717, 1.165) is 35.9 Å². The van der Waals surface area contributed by atoms with Crippen LogP contribution in [0.1, 0.15) is 43.1 Å². The maximum absolute atomic E-state index is 13.1. The Bertz CT molecular complexity index is 1130. The molecule has 0 unspecified atom stereocenters. The summed E-state index contributed by atoms with van der Waals surface area (Å²) in [5.41, 5.74) is 0.927. The van der Waals surface area contributed by atoms with Gasteiger partial charge in [0.25, 0.3) is 11.4 Å². The molecule has 1 saturated heterocycles. The molecule has 30 heavy (non-hydrogen) atoms. The van der Waals surface area contributed by atoms with Gasteiger partial charge < -0.3 is 4.90 Å². The minimum atomic E-state index is -4.62. The van der Waals surface area contributed by atoms with Crippen molar-refractivity contribution < 1.29 is 13.2 Å². The Labute approximate surface area is 169 Å². The first kappa shape index (κ1) is 19.0. The van der Waals surface area contributed by atoms with Crippen LogP contribution in [-0.2, 0) is 12.7 Å². The molecule has 0 atom stereocenters. The second kappa shape index (κ2) is 7.06. The van der Waals surface area contributed by atoms with Gasteiger partial charge in [0.2, 0.25) is 0 Å². The number of halogens is 3. The van der Waals surface area contributed by atoms with Crippen LogP contribution in [0.5, 0.6) is 0 Å². The van der Waals surface area contributed by atoms with E-state index in [1.165, 1.54) is 6.07 Å². The summed E-state index contributed by atoms with van der Waals surface area (Å²) in [5.74, 6) is 0.0792. The van der Waals surface area contributed by atoms with Crippen molar-refractivity contribution in [1.29, 1.82) is 0 Å². The second-order valence-electron chi connectivity index (χ2n) is 7.99. The summed E-state index contributed by atoms with van der Waals surface area (Å²) in [6.07, 6.45) is 0.856. The molecule has 158 valence electrons. The largest absolute Gasteiger partial charge is 0.453 e. The molecule has 0 N–H and O–H groups in total. The van der Waals surface area contributed by atoms with Crippen molar-refractivity contribution in [1.82, 2.24) is 29.4 Å². The molecule has 11 heteroatoms. The van der Waals surface area contributed by atoms with Gasteiger partial charge in [-0.25, -0.2) is 4.98 Å². The van der Waals surface area contributed by atoms with E-state index in [9.17, 15) is 18.0 Å². The van der Waals surface area contributed by atoms with Crippen molar-refractivity contribution >= 4 is 11.5 Å². The fourth-order valence-corrected chi connectivity index (χ4v) is 3.93. The molecule has 0 amide bonds. The lowest BCUT2D eigenvalue weighted by Crippen LogP contribution is -2.37. The summed E-state index contributed by atoms with van der Waals surface area (Å²) in [6, 6.07) is 4.79. The van der Waals surface area contributed by atoms with Gasteiger partial charge in [0.05, 0.1) is 12.0 Å². The standard InChI is InChI=1S/C19H20F3N7O/c20-19(21,22)18-25-24-15-3-4-16(26-29(15)18)27-7-5-12(6-8-27)10-28-11-23-14(9-17(28)30)13-1-2-13/h3-4,9,11-13H,1-2,5-8,10H2. The maximum atomic E-state index is 13.1. The fourth-order valence-electron chi connectivity index (χ4n) is 3.93. The lowest BCUT2D eigenvalue weighted by molar-refractivity contribution is -0.146. The minimum absolute atomic E-state index is 0.0197. The van der Waals surface area contributed by atoms with Crippen LogP contribution in [-0.4, -0.2) is 42.5 Å². The molecule has 1 saturated carbocycles. The Morgan fingerprint density at radius 3 is 2.50 bits per heavy atom. The summed E-state index contributed by atoms with van der Waals surface area (Å²) in [4.78, 5) is 18.7. The monoisotopic (exact) mass is 419 g/mol. The maximum Gasteiger partial charge on any atom is 0.453 e. The van der Waals surface area contributed by atoms with E-state index < -0.39 is 12.0 Å². The van der Waals surface area contributed by atoms with E-state index >= 15 is 0 Å². The third-order valence-corrected chi connectivity index (χ3v) is 5.79. The van der Waals surface area contributed by atoms with E-state index in [4.69, 9.17) is 0 Å². The zero-order chi connectivity index (χ0) is 20.9. The Morgan fingerprint density at radius 1 is 1.07 bits per heavy atom. The number of fused-ring (bicyclic) bond motifs is 1.